The molecule has 4 nitrogen and oxygen atoms in total. The van der Waals surface area contributed by atoms with Crippen LogP contribution in [0.5, 0.6) is 0 Å². The van der Waals surface area contributed by atoms with Gasteiger partial charge in [0.25, 0.3) is 10.0 Å². The highest BCUT2D eigenvalue weighted by Crippen LogP contribution is 2.22. The second-order valence-electron chi connectivity index (χ2n) is 4.58. The first kappa shape index (κ1) is 15.4. The van der Waals surface area contributed by atoms with Crippen molar-refractivity contribution in [3.8, 4) is 0 Å². The lowest BCUT2D eigenvalue weighted by molar-refractivity contribution is 0.595. The van der Waals surface area contributed by atoms with Gasteiger partial charge in [-0.05, 0) is 42.5 Å². The molecule has 0 atom stereocenters. The van der Waals surface area contributed by atoms with Gasteiger partial charge < -0.3 is 4.57 Å². The number of hydrogen-bond donors (Lipinski definition) is 0. The van der Waals surface area contributed by atoms with Gasteiger partial charge in [-0.2, -0.15) is 8.42 Å². The van der Waals surface area contributed by atoms with E-state index in [9.17, 15) is 12.8 Å². The molecule has 0 aliphatic carbocycles. The number of fused-ring (bicyclic) bond motifs is 1. The van der Waals surface area contributed by atoms with Crippen LogP contribution in [0.1, 0.15) is 0 Å². The summed E-state index contributed by atoms with van der Waals surface area (Å²) in [6.07, 6.45) is 0. The molecule has 3 aromatic rings. The van der Waals surface area contributed by atoms with Gasteiger partial charge in [-0.15, -0.1) is 4.40 Å². The molecular formula is C14H10BrFN2O2S2. The average Bonchev–Trinajstić information content (AvgIpc) is 2.74. The molecule has 0 spiro atoms. The van der Waals surface area contributed by atoms with Crippen LogP contribution >= 0.6 is 27.3 Å². The largest absolute Gasteiger partial charge is 0.319 e. The lowest BCUT2D eigenvalue weighted by atomic mass is 10.3. The van der Waals surface area contributed by atoms with Crippen molar-refractivity contribution in [2.45, 2.75) is 4.90 Å². The number of thiazole rings is 1. The zero-order valence-electron chi connectivity index (χ0n) is 11.3. The summed E-state index contributed by atoms with van der Waals surface area (Å²) in [7, 11) is -2.12. The Morgan fingerprint density at radius 3 is 2.55 bits per heavy atom. The molecule has 2 aromatic carbocycles. The van der Waals surface area contributed by atoms with E-state index in [0.29, 0.717) is 4.80 Å². The number of aryl methyl sites for hydroxylation is 1. The Hall–Kier alpha value is -1.51. The van der Waals surface area contributed by atoms with Crippen molar-refractivity contribution in [2.75, 3.05) is 0 Å². The molecular weight excluding hydrogens is 391 g/mol. The molecule has 0 radical (unpaired) electrons. The number of nitrogens with zero attached hydrogens (tertiary/aromatic N) is 2. The van der Waals surface area contributed by atoms with Gasteiger partial charge in [-0.25, -0.2) is 4.39 Å². The molecule has 1 heterocycles. The Morgan fingerprint density at radius 2 is 1.86 bits per heavy atom. The molecule has 0 amide bonds. The van der Waals surface area contributed by atoms with Crippen LogP contribution in [0.2, 0.25) is 0 Å². The normalized spacial score (nSPS) is 13.0. The van der Waals surface area contributed by atoms with E-state index < -0.39 is 15.8 Å². The third-order valence-corrected chi connectivity index (χ3v) is 6.07. The van der Waals surface area contributed by atoms with Gasteiger partial charge in [0, 0.05) is 11.5 Å². The fraction of sp³-hybridized carbons (Fsp3) is 0.0714. The van der Waals surface area contributed by atoms with E-state index in [1.165, 1.54) is 23.5 Å². The molecule has 0 unspecified atom stereocenters. The Morgan fingerprint density at radius 1 is 1.18 bits per heavy atom. The molecule has 0 N–H and O–H groups in total. The minimum Gasteiger partial charge on any atom is -0.319 e. The Labute approximate surface area is 138 Å². The summed E-state index contributed by atoms with van der Waals surface area (Å²) in [6, 6.07) is 10.3. The molecule has 22 heavy (non-hydrogen) atoms. The first-order chi connectivity index (χ1) is 10.4. The Bertz CT molecular complexity index is 1020. The van der Waals surface area contributed by atoms with E-state index in [-0.39, 0.29) is 4.90 Å². The van der Waals surface area contributed by atoms with Crippen molar-refractivity contribution in [1.29, 1.82) is 0 Å². The summed E-state index contributed by atoms with van der Waals surface area (Å²) in [5.41, 5.74) is 0.890. The van der Waals surface area contributed by atoms with Gasteiger partial charge in [-0.1, -0.05) is 27.3 Å². The molecule has 8 heteroatoms. The van der Waals surface area contributed by atoms with E-state index in [1.54, 1.807) is 11.6 Å². The SMILES string of the molecule is Cn1c(=NS(=O)(=O)c2ccc(F)cc2)sc2cc(Br)ccc21. The van der Waals surface area contributed by atoms with E-state index in [2.05, 4.69) is 20.3 Å². The van der Waals surface area contributed by atoms with E-state index in [0.717, 1.165) is 26.8 Å². The van der Waals surface area contributed by atoms with Crippen LogP contribution in [0.4, 0.5) is 4.39 Å². The molecule has 1 aromatic heterocycles. The number of halogens is 2. The lowest BCUT2D eigenvalue weighted by Gasteiger charge is -1.98. The zero-order chi connectivity index (χ0) is 15.9. The first-order valence-corrected chi connectivity index (χ1v) is 9.23. The van der Waals surface area contributed by atoms with Gasteiger partial charge in [0.2, 0.25) is 4.80 Å². The van der Waals surface area contributed by atoms with Crippen molar-refractivity contribution in [1.82, 2.24) is 4.57 Å². The van der Waals surface area contributed by atoms with Gasteiger partial charge >= 0.3 is 0 Å². The summed E-state index contributed by atoms with van der Waals surface area (Å²) in [6.45, 7) is 0. The monoisotopic (exact) mass is 400 g/mol. The standard InChI is InChI=1S/C14H10BrFN2O2S2/c1-18-12-7-2-9(15)8-13(12)21-14(18)17-22(19,20)11-5-3-10(16)4-6-11/h2-8H,1H3. The minimum absolute atomic E-state index is 0.0347. The van der Waals surface area contributed by atoms with Crippen LogP contribution < -0.4 is 4.80 Å². The van der Waals surface area contributed by atoms with Crippen molar-refractivity contribution in [3.63, 3.8) is 0 Å². The minimum atomic E-state index is -3.87. The second-order valence-corrected chi connectivity index (χ2v) is 8.10. The molecule has 0 aliphatic heterocycles. The number of aromatic nitrogens is 1. The van der Waals surface area contributed by atoms with E-state index >= 15 is 0 Å². The second kappa shape index (κ2) is 5.60. The van der Waals surface area contributed by atoms with Gasteiger partial charge in [0.05, 0.1) is 15.1 Å². The molecule has 0 bridgehead atoms. The average molecular weight is 401 g/mol. The summed E-state index contributed by atoms with van der Waals surface area (Å²) in [4.78, 5) is 0.324. The van der Waals surface area contributed by atoms with Gasteiger partial charge in [0.15, 0.2) is 0 Å². The molecule has 3 rings (SSSR count). The highest BCUT2D eigenvalue weighted by atomic mass is 79.9. The lowest BCUT2D eigenvalue weighted by Crippen LogP contribution is -2.13. The number of hydrogen-bond acceptors (Lipinski definition) is 3. The molecule has 0 fully saturated rings. The van der Waals surface area contributed by atoms with Gasteiger partial charge in [0.1, 0.15) is 5.82 Å². The fourth-order valence-corrected chi connectivity index (χ4v) is 4.76. The molecule has 0 saturated carbocycles. The number of rotatable bonds is 2. The maximum atomic E-state index is 12.9. The summed E-state index contributed by atoms with van der Waals surface area (Å²) < 4.78 is 44.9. The number of benzene rings is 2. The van der Waals surface area contributed by atoms with Crippen molar-refractivity contribution >= 4 is 47.5 Å². The quantitative estimate of drug-likeness (QED) is 0.661. The van der Waals surface area contributed by atoms with Crippen LogP contribution in [-0.2, 0) is 17.1 Å². The summed E-state index contributed by atoms with van der Waals surface area (Å²) in [5, 5.41) is 0. The van der Waals surface area contributed by atoms with Crippen LogP contribution in [0.15, 0.2) is 56.2 Å². The summed E-state index contributed by atoms with van der Waals surface area (Å²) >= 11 is 4.66. The van der Waals surface area contributed by atoms with E-state index in [1.807, 2.05) is 18.2 Å². The van der Waals surface area contributed by atoms with Crippen LogP contribution in [-0.4, -0.2) is 13.0 Å². The van der Waals surface area contributed by atoms with Crippen LogP contribution in [0.3, 0.4) is 0 Å². The van der Waals surface area contributed by atoms with E-state index in [4.69, 9.17) is 0 Å². The number of sulfonamides is 1. The topological polar surface area (TPSA) is 51.4 Å². The highest BCUT2D eigenvalue weighted by molar-refractivity contribution is 9.10. The first-order valence-electron chi connectivity index (χ1n) is 6.18. The maximum absolute atomic E-state index is 12.9. The van der Waals surface area contributed by atoms with Gasteiger partial charge in [-0.3, -0.25) is 0 Å². The third-order valence-electron chi connectivity index (χ3n) is 3.08. The Balaban J connectivity index is 2.19. The maximum Gasteiger partial charge on any atom is 0.285 e. The third kappa shape index (κ3) is 2.86. The van der Waals surface area contributed by atoms with Crippen molar-refractivity contribution in [3.05, 3.63) is 57.6 Å². The fourth-order valence-electron chi connectivity index (χ4n) is 1.96. The van der Waals surface area contributed by atoms with Crippen LogP contribution in [0.25, 0.3) is 10.2 Å². The zero-order valence-corrected chi connectivity index (χ0v) is 14.5. The predicted octanol–water partition coefficient (Wildman–Crippen LogP) is 3.43. The highest BCUT2D eigenvalue weighted by Gasteiger charge is 2.14. The van der Waals surface area contributed by atoms with Crippen LogP contribution in [0, 0.1) is 5.82 Å². The Kier molecular flexibility index (Phi) is 3.92. The smallest absolute Gasteiger partial charge is 0.285 e. The molecule has 0 saturated heterocycles. The molecule has 0 aliphatic rings. The predicted molar refractivity (Wildman–Crippen MR) is 87.6 cm³/mol. The van der Waals surface area contributed by atoms with Crippen molar-refractivity contribution < 1.29 is 12.8 Å². The van der Waals surface area contributed by atoms with Crippen molar-refractivity contribution in [2.24, 2.45) is 11.4 Å². The molecule has 114 valence electrons. The summed E-state index contributed by atoms with van der Waals surface area (Å²) in [5.74, 6) is -0.490.